The van der Waals surface area contributed by atoms with Crippen LogP contribution in [0.3, 0.4) is 0 Å². The standard InChI is InChI=1S/C12H23N3O2/c1-10(2)5-7-17-8-6-15-9-11(13-14-15)12(3,4)16/h9-10,16H,5-8H2,1-4H3. The van der Waals surface area contributed by atoms with Crippen molar-refractivity contribution in [2.24, 2.45) is 5.92 Å². The topological polar surface area (TPSA) is 60.2 Å². The Labute approximate surface area is 103 Å². The van der Waals surface area contributed by atoms with Gasteiger partial charge in [-0.05, 0) is 26.2 Å². The lowest BCUT2D eigenvalue weighted by Gasteiger charge is -2.11. The first-order chi connectivity index (χ1) is 7.89. The van der Waals surface area contributed by atoms with Gasteiger partial charge >= 0.3 is 0 Å². The summed E-state index contributed by atoms with van der Waals surface area (Å²) >= 11 is 0. The quantitative estimate of drug-likeness (QED) is 0.736. The molecule has 1 aromatic rings. The molecular formula is C12H23N3O2. The summed E-state index contributed by atoms with van der Waals surface area (Å²) in [5.74, 6) is 0.670. The van der Waals surface area contributed by atoms with E-state index in [1.54, 1.807) is 24.7 Å². The van der Waals surface area contributed by atoms with Crippen molar-refractivity contribution in [2.45, 2.75) is 46.3 Å². The van der Waals surface area contributed by atoms with Crippen LogP contribution in [-0.2, 0) is 16.9 Å². The fourth-order valence-corrected chi connectivity index (χ4v) is 1.27. The molecule has 5 nitrogen and oxygen atoms in total. The van der Waals surface area contributed by atoms with Crippen LogP contribution in [0.2, 0.25) is 0 Å². The minimum Gasteiger partial charge on any atom is -0.384 e. The van der Waals surface area contributed by atoms with Crippen LogP contribution in [0.25, 0.3) is 0 Å². The largest absolute Gasteiger partial charge is 0.384 e. The maximum Gasteiger partial charge on any atom is 0.114 e. The van der Waals surface area contributed by atoms with E-state index in [9.17, 15) is 5.11 Å². The first-order valence-electron chi connectivity index (χ1n) is 6.10. The Morgan fingerprint density at radius 3 is 2.65 bits per heavy atom. The van der Waals surface area contributed by atoms with E-state index < -0.39 is 5.60 Å². The molecule has 0 aliphatic heterocycles. The van der Waals surface area contributed by atoms with E-state index in [4.69, 9.17) is 4.74 Å². The van der Waals surface area contributed by atoms with Crippen LogP contribution in [0.4, 0.5) is 0 Å². The minimum atomic E-state index is -0.934. The first-order valence-corrected chi connectivity index (χ1v) is 6.10. The van der Waals surface area contributed by atoms with E-state index in [1.807, 2.05) is 0 Å². The maximum absolute atomic E-state index is 9.73. The zero-order valence-electron chi connectivity index (χ0n) is 11.2. The lowest BCUT2D eigenvalue weighted by molar-refractivity contribution is 0.0736. The Kier molecular flexibility index (Phi) is 5.08. The van der Waals surface area contributed by atoms with Gasteiger partial charge in [0.05, 0.1) is 19.3 Å². The van der Waals surface area contributed by atoms with Crippen LogP contribution in [0.15, 0.2) is 6.20 Å². The molecule has 0 aromatic carbocycles. The predicted molar refractivity (Wildman–Crippen MR) is 65.5 cm³/mol. The SMILES string of the molecule is CC(C)CCOCCn1cc(C(C)(C)O)nn1. The number of hydrogen-bond acceptors (Lipinski definition) is 4. The maximum atomic E-state index is 9.73. The fourth-order valence-electron chi connectivity index (χ4n) is 1.27. The van der Waals surface area contributed by atoms with E-state index in [0.717, 1.165) is 13.0 Å². The van der Waals surface area contributed by atoms with E-state index >= 15 is 0 Å². The molecule has 0 saturated carbocycles. The molecule has 1 heterocycles. The molecule has 5 heteroatoms. The summed E-state index contributed by atoms with van der Waals surface area (Å²) in [4.78, 5) is 0. The van der Waals surface area contributed by atoms with Crippen molar-refractivity contribution < 1.29 is 9.84 Å². The molecule has 0 amide bonds. The Bertz CT molecular complexity index is 329. The van der Waals surface area contributed by atoms with Crippen molar-refractivity contribution >= 4 is 0 Å². The third-order valence-corrected chi connectivity index (χ3v) is 2.47. The monoisotopic (exact) mass is 241 g/mol. The molecule has 0 saturated heterocycles. The lowest BCUT2D eigenvalue weighted by atomic mass is 10.1. The molecule has 17 heavy (non-hydrogen) atoms. The van der Waals surface area contributed by atoms with Gasteiger partial charge in [0.2, 0.25) is 0 Å². The molecule has 0 aliphatic rings. The molecular weight excluding hydrogens is 218 g/mol. The van der Waals surface area contributed by atoms with E-state index in [2.05, 4.69) is 24.2 Å². The van der Waals surface area contributed by atoms with Gasteiger partial charge in [-0.15, -0.1) is 5.10 Å². The third kappa shape index (κ3) is 5.28. The normalized spacial score (nSPS) is 12.4. The number of aliphatic hydroxyl groups is 1. The van der Waals surface area contributed by atoms with Crippen molar-refractivity contribution in [2.75, 3.05) is 13.2 Å². The zero-order chi connectivity index (χ0) is 12.9. The van der Waals surface area contributed by atoms with Crippen LogP contribution in [0.5, 0.6) is 0 Å². The second kappa shape index (κ2) is 6.12. The smallest absolute Gasteiger partial charge is 0.114 e. The average Bonchev–Trinajstić information content (AvgIpc) is 2.64. The molecule has 0 aliphatic carbocycles. The predicted octanol–water partition coefficient (Wildman–Crippen LogP) is 1.57. The van der Waals surface area contributed by atoms with Gasteiger partial charge in [-0.3, -0.25) is 0 Å². The van der Waals surface area contributed by atoms with Crippen LogP contribution < -0.4 is 0 Å². The van der Waals surface area contributed by atoms with Gasteiger partial charge in [0.25, 0.3) is 0 Å². The van der Waals surface area contributed by atoms with Gasteiger partial charge in [-0.1, -0.05) is 19.1 Å². The van der Waals surface area contributed by atoms with E-state index in [1.165, 1.54) is 0 Å². The fraction of sp³-hybridized carbons (Fsp3) is 0.833. The third-order valence-electron chi connectivity index (χ3n) is 2.47. The summed E-state index contributed by atoms with van der Waals surface area (Å²) in [7, 11) is 0. The Morgan fingerprint density at radius 2 is 2.12 bits per heavy atom. The second-order valence-electron chi connectivity index (χ2n) is 5.22. The van der Waals surface area contributed by atoms with Gasteiger partial charge in [-0.25, -0.2) is 4.68 Å². The van der Waals surface area contributed by atoms with Crippen molar-refractivity contribution in [3.8, 4) is 0 Å². The van der Waals surface area contributed by atoms with Crippen molar-refractivity contribution in [3.63, 3.8) is 0 Å². The summed E-state index contributed by atoms with van der Waals surface area (Å²) in [6.45, 7) is 9.82. The van der Waals surface area contributed by atoms with Gasteiger partial charge in [0.1, 0.15) is 11.3 Å². The molecule has 1 rings (SSSR count). The summed E-state index contributed by atoms with van der Waals surface area (Å²) in [6.07, 6.45) is 2.83. The number of aromatic nitrogens is 3. The van der Waals surface area contributed by atoms with Gasteiger partial charge in [0, 0.05) is 6.61 Å². The summed E-state index contributed by atoms with van der Waals surface area (Å²) in [5, 5.41) is 17.6. The molecule has 0 radical (unpaired) electrons. The molecule has 0 fully saturated rings. The highest BCUT2D eigenvalue weighted by molar-refractivity contribution is 5.02. The lowest BCUT2D eigenvalue weighted by Crippen LogP contribution is -2.16. The summed E-state index contributed by atoms with van der Waals surface area (Å²) in [5.41, 5.74) is -0.351. The Morgan fingerprint density at radius 1 is 1.41 bits per heavy atom. The highest BCUT2D eigenvalue weighted by Crippen LogP contribution is 2.15. The molecule has 1 N–H and O–H groups in total. The van der Waals surface area contributed by atoms with E-state index in [0.29, 0.717) is 24.8 Å². The Balaban J connectivity index is 2.26. The molecule has 98 valence electrons. The van der Waals surface area contributed by atoms with Crippen LogP contribution in [-0.4, -0.2) is 33.3 Å². The van der Waals surface area contributed by atoms with Crippen LogP contribution in [0, 0.1) is 5.92 Å². The summed E-state index contributed by atoms with van der Waals surface area (Å²) in [6, 6.07) is 0. The number of rotatable bonds is 7. The van der Waals surface area contributed by atoms with Gasteiger partial charge in [-0.2, -0.15) is 0 Å². The highest BCUT2D eigenvalue weighted by Gasteiger charge is 2.19. The van der Waals surface area contributed by atoms with Gasteiger partial charge < -0.3 is 9.84 Å². The highest BCUT2D eigenvalue weighted by atomic mass is 16.5. The first kappa shape index (κ1) is 14.1. The number of hydrogen-bond donors (Lipinski definition) is 1. The molecule has 0 bridgehead atoms. The molecule has 1 aromatic heterocycles. The summed E-state index contributed by atoms with van der Waals surface area (Å²) < 4.78 is 7.19. The van der Waals surface area contributed by atoms with E-state index in [-0.39, 0.29) is 0 Å². The van der Waals surface area contributed by atoms with Crippen LogP contribution >= 0.6 is 0 Å². The van der Waals surface area contributed by atoms with Crippen molar-refractivity contribution in [1.29, 1.82) is 0 Å². The van der Waals surface area contributed by atoms with Crippen molar-refractivity contribution in [3.05, 3.63) is 11.9 Å². The molecule has 0 unspecified atom stereocenters. The van der Waals surface area contributed by atoms with Gasteiger partial charge in [0.15, 0.2) is 0 Å². The second-order valence-corrected chi connectivity index (χ2v) is 5.22. The van der Waals surface area contributed by atoms with Crippen molar-refractivity contribution in [1.82, 2.24) is 15.0 Å². The zero-order valence-corrected chi connectivity index (χ0v) is 11.2. The number of ether oxygens (including phenoxy) is 1. The van der Waals surface area contributed by atoms with Crippen LogP contribution in [0.1, 0.15) is 39.8 Å². The molecule has 0 spiro atoms. The Hall–Kier alpha value is -0.940. The number of nitrogens with zero attached hydrogens (tertiary/aromatic N) is 3. The molecule has 0 atom stereocenters. The minimum absolute atomic E-state index is 0.583. The average molecular weight is 241 g/mol.